The Morgan fingerprint density at radius 1 is 1.37 bits per heavy atom. The largest absolute Gasteiger partial charge is 0.398 e. The van der Waals surface area contributed by atoms with Crippen molar-refractivity contribution >= 4 is 11.6 Å². The Bertz CT molecular complexity index is 476. The van der Waals surface area contributed by atoms with E-state index in [0.717, 1.165) is 31.1 Å². The van der Waals surface area contributed by atoms with Gasteiger partial charge in [0.05, 0.1) is 5.56 Å². The number of hydrogen-bond donors (Lipinski definition) is 2. The summed E-state index contributed by atoms with van der Waals surface area (Å²) in [6.45, 7) is 4.03. The minimum atomic E-state index is -0.0294. The van der Waals surface area contributed by atoms with Gasteiger partial charge in [0.2, 0.25) is 0 Å². The van der Waals surface area contributed by atoms with Crippen LogP contribution < -0.4 is 11.1 Å². The quantitative estimate of drug-likeness (QED) is 0.810. The van der Waals surface area contributed by atoms with Crippen LogP contribution in [0.3, 0.4) is 0 Å². The lowest BCUT2D eigenvalue weighted by Gasteiger charge is -2.17. The molecule has 1 heterocycles. The molecule has 0 radical (unpaired) electrons. The fourth-order valence-corrected chi connectivity index (χ4v) is 2.93. The molecule has 1 aromatic rings. The van der Waals surface area contributed by atoms with Gasteiger partial charge in [-0.05, 0) is 37.8 Å². The van der Waals surface area contributed by atoms with Crippen molar-refractivity contribution in [2.75, 3.05) is 18.8 Å². The summed E-state index contributed by atoms with van der Waals surface area (Å²) in [6.07, 6.45) is 3.70. The fraction of sp³-hybridized carbons (Fsp3) is 0.533. The molecule has 1 amide bonds. The molecule has 1 unspecified atom stereocenters. The molecule has 2 aliphatic rings. The zero-order valence-electron chi connectivity index (χ0n) is 11.4. The lowest BCUT2D eigenvalue weighted by Crippen LogP contribution is -2.38. The first-order valence-electron chi connectivity index (χ1n) is 7.05. The summed E-state index contributed by atoms with van der Waals surface area (Å²) in [7, 11) is 0. The third kappa shape index (κ3) is 2.59. The van der Waals surface area contributed by atoms with E-state index in [9.17, 15) is 4.79 Å². The summed E-state index contributed by atoms with van der Waals surface area (Å²) in [5.74, 6) is -0.0294. The molecular formula is C15H21N3O. The van der Waals surface area contributed by atoms with Gasteiger partial charge in [0.15, 0.2) is 0 Å². The second-order valence-electron chi connectivity index (χ2n) is 5.72. The van der Waals surface area contributed by atoms with Crippen LogP contribution in [0.4, 0.5) is 5.69 Å². The summed E-state index contributed by atoms with van der Waals surface area (Å²) in [4.78, 5) is 14.8. The van der Waals surface area contributed by atoms with Gasteiger partial charge in [0.1, 0.15) is 0 Å². The van der Waals surface area contributed by atoms with Crippen molar-refractivity contribution in [2.45, 2.75) is 38.3 Å². The number of carbonyl (C=O) groups is 1. The number of nitrogens with two attached hydrogens (primary N) is 1. The van der Waals surface area contributed by atoms with Crippen molar-refractivity contribution in [1.82, 2.24) is 10.2 Å². The summed E-state index contributed by atoms with van der Waals surface area (Å²) >= 11 is 0. The highest BCUT2D eigenvalue weighted by Gasteiger charge is 2.35. The third-order valence-corrected chi connectivity index (χ3v) is 4.15. The second-order valence-corrected chi connectivity index (χ2v) is 5.72. The van der Waals surface area contributed by atoms with Gasteiger partial charge in [-0.1, -0.05) is 12.1 Å². The number of carbonyl (C=O) groups excluding carboxylic acids is 1. The Labute approximate surface area is 114 Å². The number of anilines is 1. The normalized spacial score (nSPS) is 23.5. The van der Waals surface area contributed by atoms with Crippen molar-refractivity contribution in [3.05, 3.63) is 29.3 Å². The smallest absolute Gasteiger partial charge is 0.253 e. The number of nitrogens with zero attached hydrogens (tertiary/aromatic N) is 1. The summed E-state index contributed by atoms with van der Waals surface area (Å²) in [6, 6.07) is 6.65. The van der Waals surface area contributed by atoms with Crippen LogP contribution in [-0.4, -0.2) is 36.0 Å². The second kappa shape index (κ2) is 4.85. The van der Waals surface area contributed by atoms with Crippen LogP contribution in [0.5, 0.6) is 0 Å². The Morgan fingerprint density at radius 2 is 2.16 bits per heavy atom. The number of hydrogen-bond acceptors (Lipinski definition) is 3. The average Bonchev–Trinajstić information content (AvgIpc) is 3.10. The molecule has 1 aliphatic carbocycles. The molecule has 4 heteroatoms. The molecule has 19 heavy (non-hydrogen) atoms. The maximum absolute atomic E-state index is 12.3. The lowest BCUT2D eigenvalue weighted by atomic mass is 10.1. The summed E-state index contributed by atoms with van der Waals surface area (Å²) in [5, 5.41) is 3.13. The van der Waals surface area contributed by atoms with E-state index in [4.69, 9.17) is 5.73 Å². The van der Waals surface area contributed by atoms with Gasteiger partial charge < -0.3 is 11.1 Å². The molecule has 1 aliphatic heterocycles. The van der Waals surface area contributed by atoms with E-state index in [1.165, 1.54) is 12.8 Å². The fourth-order valence-electron chi connectivity index (χ4n) is 2.93. The highest BCUT2D eigenvalue weighted by atomic mass is 16.1. The highest BCUT2D eigenvalue weighted by molar-refractivity contribution is 6.00. The van der Waals surface area contributed by atoms with Crippen LogP contribution in [0.2, 0.25) is 0 Å². The number of aryl methyl sites for hydroxylation is 1. The molecule has 0 spiro atoms. The molecule has 4 nitrogen and oxygen atoms in total. The minimum Gasteiger partial charge on any atom is -0.398 e. The Balaban J connectivity index is 1.65. The molecule has 1 atom stereocenters. The molecule has 1 saturated carbocycles. The maximum atomic E-state index is 12.3. The van der Waals surface area contributed by atoms with Crippen molar-refractivity contribution in [3.8, 4) is 0 Å². The number of nitrogen functional groups attached to an aromatic ring is 1. The standard InChI is InChI=1S/C15H21N3O/c1-10-3-2-4-13(16)14(10)15(19)17-11-7-8-18(9-11)12-5-6-12/h2-4,11-12H,5-9,16H2,1H3,(H,17,19). The molecule has 3 N–H and O–H groups in total. The third-order valence-electron chi connectivity index (χ3n) is 4.15. The Kier molecular flexibility index (Phi) is 3.19. The van der Waals surface area contributed by atoms with Gasteiger partial charge in [0.25, 0.3) is 5.91 Å². The van der Waals surface area contributed by atoms with E-state index in [0.29, 0.717) is 11.3 Å². The van der Waals surface area contributed by atoms with Gasteiger partial charge in [0, 0.05) is 30.9 Å². The number of likely N-dealkylation sites (tertiary alicyclic amines) is 1. The van der Waals surface area contributed by atoms with Crippen LogP contribution in [0, 0.1) is 6.92 Å². The predicted molar refractivity (Wildman–Crippen MR) is 76.1 cm³/mol. The van der Waals surface area contributed by atoms with Crippen molar-refractivity contribution in [1.29, 1.82) is 0 Å². The molecule has 0 aromatic heterocycles. The molecule has 3 rings (SSSR count). The van der Waals surface area contributed by atoms with Crippen LogP contribution in [0.25, 0.3) is 0 Å². The lowest BCUT2D eigenvalue weighted by molar-refractivity contribution is 0.0938. The minimum absolute atomic E-state index is 0.0294. The van der Waals surface area contributed by atoms with Crippen molar-refractivity contribution in [2.24, 2.45) is 0 Å². The van der Waals surface area contributed by atoms with E-state index < -0.39 is 0 Å². The molecule has 2 fully saturated rings. The molecule has 1 saturated heterocycles. The van der Waals surface area contributed by atoms with Gasteiger partial charge in [-0.3, -0.25) is 9.69 Å². The SMILES string of the molecule is Cc1cccc(N)c1C(=O)NC1CCN(C2CC2)C1. The molecule has 102 valence electrons. The van der Waals surface area contributed by atoms with E-state index in [1.807, 2.05) is 19.1 Å². The first kappa shape index (κ1) is 12.5. The van der Waals surface area contributed by atoms with E-state index in [1.54, 1.807) is 6.07 Å². The van der Waals surface area contributed by atoms with Crippen LogP contribution in [0.1, 0.15) is 35.2 Å². The average molecular weight is 259 g/mol. The van der Waals surface area contributed by atoms with Crippen LogP contribution >= 0.6 is 0 Å². The van der Waals surface area contributed by atoms with Crippen molar-refractivity contribution < 1.29 is 4.79 Å². The van der Waals surface area contributed by atoms with E-state index in [-0.39, 0.29) is 11.9 Å². The zero-order chi connectivity index (χ0) is 13.4. The first-order valence-corrected chi connectivity index (χ1v) is 7.05. The highest BCUT2D eigenvalue weighted by Crippen LogP contribution is 2.30. The van der Waals surface area contributed by atoms with Gasteiger partial charge >= 0.3 is 0 Å². The van der Waals surface area contributed by atoms with E-state index in [2.05, 4.69) is 10.2 Å². The topological polar surface area (TPSA) is 58.4 Å². The molecule has 1 aromatic carbocycles. The van der Waals surface area contributed by atoms with E-state index >= 15 is 0 Å². The van der Waals surface area contributed by atoms with Crippen LogP contribution in [-0.2, 0) is 0 Å². The Hall–Kier alpha value is -1.55. The summed E-state index contributed by atoms with van der Waals surface area (Å²) in [5.41, 5.74) is 8.05. The van der Waals surface area contributed by atoms with Crippen molar-refractivity contribution in [3.63, 3.8) is 0 Å². The molecular weight excluding hydrogens is 238 g/mol. The number of rotatable bonds is 3. The van der Waals surface area contributed by atoms with Gasteiger partial charge in [-0.2, -0.15) is 0 Å². The summed E-state index contributed by atoms with van der Waals surface area (Å²) < 4.78 is 0. The first-order chi connectivity index (χ1) is 9.15. The van der Waals surface area contributed by atoms with Gasteiger partial charge in [-0.15, -0.1) is 0 Å². The number of benzene rings is 1. The number of amides is 1. The predicted octanol–water partition coefficient (Wildman–Crippen LogP) is 1.54. The maximum Gasteiger partial charge on any atom is 0.253 e. The van der Waals surface area contributed by atoms with Crippen LogP contribution in [0.15, 0.2) is 18.2 Å². The monoisotopic (exact) mass is 259 g/mol. The zero-order valence-corrected chi connectivity index (χ0v) is 11.4. The number of nitrogens with one attached hydrogen (secondary N) is 1. The Morgan fingerprint density at radius 3 is 2.84 bits per heavy atom. The van der Waals surface area contributed by atoms with Gasteiger partial charge in [-0.25, -0.2) is 0 Å². The molecule has 0 bridgehead atoms.